The SMILES string of the molecule is C=C(C)C(=O)N(C)N=O.CC=CC(=O)N(C)N=O.CCCCCCC(=O)N(C)N=O. The zero-order valence-corrected chi connectivity index (χ0v) is 18.5. The van der Waals surface area contributed by atoms with Gasteiger partial charge in [-0.1, -0.05) is 38.8 Å². The van der Waals surface area contributed by atoms with Gasteiger partial charge in [-0.2, -0.15) is 10.0 Å². The number of unbranched alkanes of at least 4 members (excludes halogenated alkanes) is 3. The number of hydrogen-bond donors (Lipinski definition) is 0. The van der Waals surface area contributed by atoms with Gasteiger partial charge in [-0.3, -0.25) is 14.4 Å². The molecule has 0 bridgehead atoms. The Balaban J connectivity index is -0.000000371. The van der Waals surface area contributed by atoms with Gasteiger partial charge in [0.1, 0.15) is 0 Å². The van der Waals surface area contributed by atoms with Gasteiger partial charge in [0.25, 0.3) is 11.8 Å². The first-order valence-electron chi connectivity index (χ1n) is 9.14. The lowest BCUT2D eigenvalue weighted by atomic mass is 10.1. The minimum atomic E-state index is -0.454. The van der Waals surface area contributed by atoms with E-state index < -0.39 is 11.8 Å². The molecule has 0 aromatic rings. The number of hydrogen-bond acceptors (Lipinski definition) is 9. The maximum Gasteiger partial charge on any atom is 0.271 e. The molecule has 0 rings (SSSR count). The van der Waals surface area contributed by atoms with Gasteiger partial charge in [0, 0.05) is 39.2 Å². The summed E-state index contributed by atoms with van der Waals surface area (Å²) < 4.78 is 0. The fourth-order valence-electron chi connectivity index (χ4n) is 1.51. The number of allylic oxidation sites excluding steroid dienone is 1. The van der Waals surface area contributed by atoms with Crippen LogP contribution >= 0.6 is 0 Å². The molecule has 0 saturated heterocycles. The monoisotopic (exact) mass is 428 g/mol. The molecule has 0 aliphatic carbocycles. The predicted octanol–water partition coefficient (Wildman–Crippen LogP) is 3.50. The van der Waals surface area contributed by atoms with Gasteiger partial charge in [0.2, 0.25) is 5.91 Å². The lowest BCUT2D eigenvalue weighted by Crippen LogP contribution is -2.20. The Morgan fingerprint density at radius 1 is 0.867 bits per heavy atom. The van der Waals surface area contributed by atoms with Gasteiger partial charge in [0.05, 0.1) is 15.9 Å². The molecule has 0 aliphatic rings. The third-order valence-electron chi connectivity index (χ3n) is 3.26. The third kappa shape index (κ3) is 18.1. The molecular weight excluding hydrogens is 396 g/mol. The van der Waals surface area contributed by atoms with E-state index in [-0.39, 0.29) is 5.91 Å². The molecule has 0 aromatic heterocycles. The molecule has 170 valence electrons. The minimum absolute atomic E-state index is 0.193. The first kappa shape index (κ1) is 31.4. The zero-order chi connectivity index (χ0) is 24.1. The van der Waals surface area contributed by atoms with E-state index in [4.69, 9.17) is 0 Å². The number of likely N-dealkylation sites (N-methyl/N-ethyl adjacent to an activating group) is 2. The molecule has 12 heteroatoms. The van der Waals surface area contributed by atoms with Gasteiger partial charge in [-0.15, -0.1) is 14.7 Å². The molecule has 0 N–H and O–H groups in total. The van der Waals surface area contributed by atoms with Crippen molar-refractivity contribution in [3.05, 3.63) is 39.0 Å². The molecule has 0 fully saturated rings. The summed E-state index contributed by atoms with van der Waals surface area (Å²) >= 11 is 0. The lowest BCUT2D eigenvalue weighted by molar-refractivity contribution is -0.130. The van der Waals surface area contributed by atoms with E-state index >= 15 is 0 Å². The third-order valence-corrected chi connectivity index (χ3v) is 3.26. The number of nitrogens with zero attached hydrogens (tertiary/aromatic N) is 6. The fourth-order valence-corrected chi connectivity index (χ4v) is 1.51. The number of carbonyl (C=O) groups excluding carboxylic acids is 3. The molecule has 0 aliphatic heterocycles. The van der Waals surface area contributed by atoms with Gasteiger partial charge < -0.3 is 0 Å². The van der Waals surface area contributed by atoms with Gasteiger partial charge in [0.15, 0.2) is 0 Å². The average molecular weight is 428 g/mol. The summed E-state index contributed by atoms with van der Waals surface area (Å²) in [6.07, 6.45) is 7.44. The van der Waals surface area contributed by atoms with Crippen molar-refractivity contribution in [1.82, 2.24) is 15.0 Å². The Morgan fingerprint density at radius 3 is 1.70 bits per heavy atom. The average Bonchev–Trinajstić information content (AvgIpc) is 2.75. The van der Waals surface area contributed by atoms with Crippen LogP contribution in [-0.2, 0) is 14.4 Å². The summed E-state index contributed by atoms with van der Waals surface area (Å²) in [4.78, 5) is 61.3. The smallest absolute Gasteiger partial charge is 0.271 e. The quantitative estimate of drug-likeness (QED) is 0.225. The van der Waals surface area contributed by atoms with Crippen LogP contribution in [-0.4, -0.2) is 53.9 Å². The number of amides is 3. The van der Waals surface area contributed by atoms with Crippen molar-refractivity contribution < 1.29 is 14.4 Å². The van der Waals surface area contributed by atoms with Crippen molar-refractivity contribution in [2.24, 2.45) is 15.9 Å². The second kappa shape index (κ2) is 20.4. The highest BCUT2D eigenvalue weighted by Crippen LogP contribution is 2.04. The molecular formula is C18H32N6O6. The number of rotatable bonds is 10. The first-order valence-corrected chi connectivity index (χ1v) is 9.14. The summed E-state index contributed by atoms with van der Waals surface area (Å²) in [5, 5.41) is 9.57. The van der Waals surface area contributed by atoms with E-state index in [1.807, 2.05) is 0 Å². The molecule has 0 spiro atoms. The Labute approximate surface area is 176 Å². The molecule has 0 atom stereocenters. The second-order valence-corrected chi connectivity index (χ2v) is 5.94. The van der Waals surface area contributed by atoms with E-state index in [0.717, 1.165) is 35.7 Å². The molecule has 0 heterocycles. The first-order chi connectivity index (χ1) is 14.0. The van der Waals surface area contributed by atoms with Crippen molar-refractivity contribution in [3.63, 3.8) is 0 Å². The maximum absolute atomic E-state index is 11.0. The summed E-state index contributed by atoms with van der Waals surface area (Å²) in [5.74, 6) is -1.06. The second-order valence-electron chi connectivity index (χ2n) is 5.94. The molecule has 30 heavy (non-hydrogen) atoms. The Hall–Kier alpha value is -3.31. The summed E-state index contributed by atoms with van der Waals surface area (Å²) in [5.41, 5.74) is 0.303. The van der Waals surface area contributed by atoms with E-state index in [9.17, 15) is 29.1 Å². The normalized spacial score (nSPS) is 9.13. The maximum atomic E-state index is 11.0. The van der Waals surface area contributed by atoms with Crippen molar-refractivity contribution in [2.75, 3.05) is 21.1 Å². The summed E-state index contributed by atoms with van der Waals surface area (Å²) in [6.45, 7) is 8.65. The van der Waals surface area contributed by atoms with Crippen LogP contribution in [0.5, 0.6) is 0 Å². The summed E-state index contributed by atoms with van der Waals surface area (Å²) in [7, 11) is 3.97. The van der Waals surface area contributed by atoms with Crippen LogP contribution in [0.2, 0.25) is 0 Å². The largest absolute Gasteiger partial charge is 0.273 e. The number of nitroso groups, excluding NO2 is 3. The Kier molecular flexibility index (Phi) is 21.4. The van der Waals surface area contributed by atoms with Gasteiger partial charge >= 0.3 is 0 Å². The van der Waals surface area contributed by atoms with Crippen molar-refractivity contribution in [2.45, 2.75) is 52.9 Å². The van der Waals surface area contributed by atoms with Crippen LogP contribution in [0.25, 0.3) is 0 Å². The highest BCUT2D eigenvalue weighted by atomic mass is 16.3. The van der Waals surface area contributed by atoms with Crippen LogP contribution < -0.4 is 0 Å². The number of carbonyl (C=O) groups is 3. The van der Waals surface area contributed by atoms with Crippen molar-refractivity contribution >= 4 is 17.7 Å². The van der Waals surface area contributed by atoms with Crippen molar-refractivity contribution in [1.29, 1.82) is 0 Å². The van der Waals surface area contributed by atoms with Crippen LogP contribution in [0.15, 0.2) is 40.2 Å². The van der Waals surface area contributed by atoms with Gasteiger partial charge in [-0.05, 0) is 20.3 Å². The molecule has 0 unspecified atom stereocenters. The molecule has 0 radical (unpaired) electrons. The van der Waals surface area contributed by atoms with E-state index in [1.165, 1.54) is 34.1 Å². The Morgan fingerprint density at radius 2 is 1.37 bits per heavy atom. The van der Waals surface area contributed by atoms with Gasteiger partial charge in [-0.25, -0.2) is 5.01 Å². The fraction of sp³-hybridized carbons (Fsp3) is 0.611. The Bertz CT molecular complexity index is 608. The van der Waals surface area contributed by atoms with Crippen LogP contribution in [0.4, 0.5) is 0 Å². The summed E-state index contributed by atoms with van der Waals surface area (Å²) in [6, 6.07) is 0. The topological polar surface area (TPSA) is 149 Å². The highest BCUT2D eigenvalue weighted by molar-refractivity contribution is 5.91. The molecule has 12 nitrogen and oxygen atoms in total. The van der Waals surface area contributed by atoms with Crippen LogP contribution in [0.3, 0.4) is 0 Å². The van der Waals surface area contributed by atoms with E-state index in [0.29, 0.717) is 17.0 Å². The van der Waals surface area contributed by atoms with E-state index in [1.54, 1.807) is 13.0 Å². The van der Waals surface area contributed by atoms with Crippen LogP contribution in [0.1, 0.15) is 52.9 Å². The molecule has 3 amide bonds. The van der Waals surface area contributed by atoms with E-state index in [2.05, 4.69) is 29.4 Å². The minimum Gasteiger partial charge on any atom is -0.273 e. The molecule has 0 aromatic carbocycles. The lowest BCUT2D eigenvalue weighted by Gasteiger charge is -2.05. The van der Waals surface area contributed by atoms with Crippen molar-refractivity contribution in [3.8, 4) is 0 Å². The molecule has 0 saturated carbocycles. The standard InChI is InChI=1S/C8H16N2O2.2C5H8N2O2/c1-3-4-5-6-7-8(11)10(2)9-12;1-4(2)5(8)7(3)6-9;1-3-4-5(8)7(2)6-9/h3-7H2,1-2H3;1H2,2-3H3;3-4H,1-2H3. The highest BCUT2D eigenvalue weighted by Gasteiger charge is 2.07. The zero-order valence-electron chi connectivity index (χ0n) is 18.5. The van der Waals surface area contributed by atoms with Crippen LogP contribution in [0, 0.1) is 14.7 Å². The predicted molar refractivity (Wildman–Crippen MR) is 114 cm³/mol.